The third-order valence-electron chi connectivity index (χ3n) is 3.69. The molecule has 3 nitrogen and oxygen atoms in total. The van der Waals surface area contributed by atoms with Crippen molar-refractivity contribution in [1.82, 2.24) is 4.90 Å². The van der Waals surface area contributed by atoms with Crippen molar-refractivity contribution in [3.63, 3.8) is 0 Å². The second-order valence-electron chi connectivity index (χ2n) is 5.52. The van der Waals surface area contributed by atoms with E-state index in [0.717, 1.165) is 18.8 Å². The maximum Gasteiger partial charge on any atom is 0.0390 e. The van der Waals surface area contributed by atoms with E-state index in [0.29, 0.717) is 12.0 Å². The smallest absolute Gasteiger partial charge is 0.0390 e. The molecule has 0 aromatic heterocycles. The molecular weight excluding hydrogens is 210 g/mol. The summed E-state index contributed by atoms with van der Waals surface area (Å²) in [5.41, 5.74) is 9.28. The Kier molecular flexibility index (Phi) is 3.29. The van der Waals surface area contributed by atoms with E-state index in [1.165, 1.54) is 11.3 Å². The summed E-state index contributed by atoms with van der Waals surface area (Å²) in [5.74, 6) is 0.701. The standard InChI is InChI=1S/C14H23N3/c1-10-5-12(15)7-13(6-10)17-8-11(2)14(9-17)16(3)4/h5-7,11,14H,8-9,15H2,1-4H3. The first kappa shape index (κ1) is 12.2. The van der Waals surface area contributed by atoms with Gasteiger partial charge in [-0.05, 0) is 50.7 Å². The first-order valence-corrected chi connectivity index (χ1v) is 6.26. The van der Waals surface area contributed by atoms with Gasteiger partial charge in [-0.1, -0.05) is 6.92 Å². The van der Waals surface area contributed by atoms with E-state index < -0.39 is 0 Å². The van der Waals surface area contributed by atoms with Crippen molar-refractivity contribution in [2.45, 2.75) is 19.9 Å². The number of benzene rings is 1. The molecular formula is C14H23N3. The minimum atomic E-state index is 0.636. The number of nitrogens with zero attached hydrogens (tertiary/aromatic N) is 2. The predicted octanol–water partition coefficient (Wildman–Crippen LogP) is 1.96. The van der Waals surface area contributed by atoms with Crippen LogP contribution in [0, 0.1) is 12.8 Å². The third-order valence-corrected chi connectivity index (χ3v) is 3.69. The van der Waals surface area contributed by atoms with Crippen LogP contribution in [0.3, 0.4) is 0 Å². The molecule has 0 radical (unpaired) electrons. The molecule has 1 aromatic carbocycles. The summed E-state index contributed by atoms with van der Waals surface area (Å²) in [6, 6.07) is 6.96. The van der Waals surface area contributed by atoms with Crippen LogP contribution in [0.4, 0.5) is 11.4 Å². The van der Waals surface area contributed by atoms with E-state index in [9.17, 15) is 0 Å². The SMILES string of the molecule is Cc1cc(N)cc(N2CC(C)C(N(C)C)C2)c1. The molecule has 2 unspecified atom stereocenters. The van der Waals surface area contributed by atoms with Crippen molar-refractivity contribution in [2.75, 3.05) is 37.8 Å². The van der Waals surface area contributed by atoms with Gasteiger partial charge < -0.3 is 15.5 Å². The van der Waals surface area contributed by atoms with Crippen LogP contribution in [0.15, 0.2) is 18.2 Å². The largest absolute Gasteiger partial charge is 0.399 e. The number of hydrogen-bond donors (Lipinski definition) is 1. The number of nitrogen functional groups attached to an aromatic ring is 1. The minimum absolute atomic E-state index is 0.636. The van der Waals surface area contributed by atoms with E-state index >= 15 is 0 Å². The van der Waals surface area contributed by atoms with Gasteiger partial charge in [0, 0.05) is 30.5 Å². The molecule has 1 aliphatic heterocycles. The molecule has 1 saturated heterocycles. The van der Waals surface area contributed by atoms with Crippen molar-refractivity contribution >= 4 is 11.4 Å². The zero-order valence-corrected chi connectivity index (χ0v) is 11.3. The Labute approximate surface area is 104 Å². The molecule has 1 fully saturated rings. The van der Waals surface area contributed by atoms with Gasteiger partial charge in [0.2, 0.25) is 0 Å². The summed E-state index contributed by atoms with van der Waals surface area (Å²) in [5, 5.41) is 0. The van der Waals surface area contributed by atoms with E-state index in [1.54, 1.807) is 0 Å². The van der Waals surface area contributed by atoms with Crippen LogP contribution >= 0.6 is 0 Å². The summed E-state index contributed by atoms with van der Waals surface area (Å²) in [7, 11) is 4.32. The Balaban J connectivity index is 2.19. The van der Waals surface area contributed by atoms with Gasteiger partial charge in [-0.2, -0.15) is 0 Å². The lowest BCUT2D eigenvalue weighted by molar-refractivity contribution is 0.266. The highest BCUT2D eigenvalue weighted by molar-refractivity contribution is 5.59. The van der Waals surface area contributed by atoms with Crippen LogP contribution in [-0.2, 0) is 0 Å². The summed E-state index contributed by atoms with van der Waals surface area (Å²) in [4.78, 5) is 4.77. The Morgan fingerprint density at radius 1 is 1.24 bits per heavy atom. The average molecular weight is 233 g/mol. The van der Waals surface area contributed by atoms with Gasteiger partial charge in [0.15, 0.2) is 0 Å². The molecule has 1 aliphatic rings. The molecule has 1 aromatic rings. The molecule has 0 spiro atoms. The highest BCUT2D eigenvalue weighted by atomic mass is 15.2. The lowest BCUT2D eigenvalue weighted by Crippen LogP contribution is -2.34. The molecule has 94 valence electrons. The second-order valence-corrected chi connectivity index (χ2v) is 5.52. The summed E-state index contributed by atoms with van der Waals surface area (Å²) in [6.07, 6.45) is 0. The first-order chi connectivity index (χ1) is 7.97. The molecule has 0 amide bonds. The number of anilines is 2. The molecule has 3 heteroatoms. The maximum absolute atomic E-state index is 5.92. The summed E-state index contributed by atoms with van der Waals surface area (Å²) in [6.45, 7) is 6.63. The Bertz CT molecular complexity index is 380. The van der Waals surface area contributed by atoms with E-state index in [4.69, 9.17) is 5.73 Å². The van der Waals surface area contributed by atoms with Crippen molar-refractivity contribution in [3.8, 4) is 0 Å². The summed E-state index contributed by atoms with van der Waals surface area (Å²) < 4.78 is 0. The van der Waals surface area contributed by atoms with Gasteiger partial charge in [-0.25, -0.2) is 0 Å². The molecule has 0 aliphatic carbocycles. The van der Waals surface area contributed by atoms with Crippen LogP contribution in [0.2, 0.25) is 0 Å². The first-order valence-electron chi connectivity index (χ1n) is 6.26. The molecule has 2 atom stereocenters. The van der Waals surface area contributed by atoms with Crippen LogP contribution < -0.4 is 10.6 Å². The fraction of sp³-hybridized carbons (Fsp3) is 0.571. The van der Waals surface area contributed by atoms with Crippen molar-refractivity contribution < 1.29 is 0 Å². The molecule has 2 N–H and O–H groups in total. The lowest BCUT2D eigenvalue weighted by Gasteiger charge is -2.23. The molecule has 0 bridgehead atoms. The monoisotopic (exact) mass is 233 g/mol. The van der Waals surface area contributed by atoms with Crippen LogP contribution in [0.1, 0.15) is 12.5 Å². The molecule has 2 rings (SSSR count). The highest BCUT2D eigenvalue weighted by Gasteiger charge is 2.31. The van der Waals surface area contributed by atoms with Crippen molar-refractivity contribution in [3.05, 3.63) is 23.8 Å². The topological polar surface area (TPSA) is 32.5 Å². The highest BCUT2D eigenvalue weighted by Crippen LogP contribution is 2.28. The number of hydrogen-bond acceptors (Lipinski definition) is 3. The average Bonchev–Trinajstić information content (AvgIpc) is 2.59. The van der Waals surface area contributed by atoms with E-state index in [2.05, 4.69) is 49.9 Å². The second kappa shape index (κ2) is 4.57. The lowest BCUT2D eigenvalue weighted by atomic mass is 10.1. The zero-order valence-electron chi connectivity index (χ0n) is 11.3. The Morgan fingerprint density at radius 3 is 2.47 bits per heavy atom. The fourth-order valence-electron chi connectivity index (χ4n) is 2.81. The third kappa shape index (κ3) is 2.55. The predicted molar refractivity (Wildman–Crippen MR) is 74.4 cm³/mol. The summed E-state index contributed by atoms with van der Waals surface area (Å²) >= 11 is 0. The number of aryl methyl sites for hydroxylation is 1. The molecule has 1 heterocycles. The van der Waals surface area contributed by atoms with E-state index in [-0.39, 0.29) is 0 Å². The van der Waals surface area contributed by atoms with Gasteiger partial charge >= 0.3 is 0 Å². The van der Waals surface area contributed by atoms with Crippen LogP contribution in [-0.4, -0.2) is 38.1 Å². The number of rotatable bonds is 2. The van der Waals surface area contributed by atoms with Gasteiger partial charge in [-0.3, -0.25) is 0 Å². The Hall–Kier alpha value is -1.22. The van der Waals surface area contributed by atoms with E-state index in [1.807, 2.05) is 6.07 Å². The fourth-order valence-corrected chi connectivity index (χ4v) is 2.81. The zero-order chi connectivity index (χ0) is 12.6. The number of likely N-dealkylation sites (N-methyl/N-ethyl adjacent to an activating group) is 1. The molecule has 0 saturated carbocycles. The van der Waals surface area contributed by atoms with Crippen molar-refractivity contribution in [2.24, 2.45) is 5.92 Å². The Morgan fingerprint density at radius 2 is 1.94 bits per heavy atom. The molecule has 17 heavy (non-hydrogen) atoms. The van der Waals surface area contributed by atoms with Crippen molar-refractivity contribution in [1.29, 1.82) is 0 Å². The maximum atomic E-state index is 5.92. The van der Waals surface area contributed by atoms with Crippen LogP contribution in [0.25, 0.3) is 0 Å². The van der Waals surface area contributed by atoms with Crippen LogP contribution in [0.5, 0.6) is 0 Å². The van der Waals surface area contributed by atoms with Gasteiger partial charge in [0.1, 0.15) is 0 Å². The van der Waals surface area contributed by atoms with Gasteiger partial charge in [-0.15, -0.1) is 0 Å². The quantitative estimate of drug-likeness (QED) is 0.793. The normalized spacial score (nSPS) is 24.6. The minimum Gasteiger partial charge on any atom is -0.399 e. The van der Waals surface area contributed by atoms with Gasteiger partial charge in [0.25, 0.3) is 0 Å². The van der Waals surface area contributed by atoms with Gasteiger partial charge in [0.05, 0.1) is 0 Å². The number of nitrogens with two attached hydrogens (primary N) is 1.